The Morgan fingerprint density at radius 2 is 1.86 bits per heavy atom. The monoisotopic (exact) mass is 197 g/mol. The van der Waals surface area contributed by atoms with Crippen molar-refractivity contribution in [1.82, 2.24) is 9.80 Å². The van der Waals surface area contributed by atoms with Gasteiger partial charge in [0.05, 0.1) is 0 Å². The number of hydrogen-bond donors (Lipinski definition) is 1. The van der Waals surface area contributed by atoms with Gasteiger partial charge in [-0.05, 0) is 19.4 Å². The number of nitrogens with zero attached hydrogens (tertiary/aromatic N) is 2. The van der Waals surface area contributed by atoms with Crippen molar-refractivity contribution in [3.8, 4) is 0 Å². The Morgan fingerprint density at radius 1 is 1.21 bits per heavy atom. The van der Waals surface area contributed by atoms with E-state index in [0.717, 1.165) is 12.5 Å². The van der Waals surface area contributed by atoms with E-state index in [9.17, 15) is 0 Å². The molecule has 0 aromatic rings. The van der Waals surface area contributed by atoms with E-state index in [-0.39, 0.29) is 0 Å². The summed E-state index contributed by atoms with van der Waals surface area (Å²) in [5, 5.41) is 0. The zero-order chi connectivity index (χ0) is 9.97. The summed E-state index contributed by atoms with van der Waals surface area (Å²) in [5.74, 6) is 1.00. The van der Waals surface area contributed by atoms with E-state index in [1.807, 2.05) is 0 Å². The summed E-state index contributed by atoms with van der Waals surface area (Å²) < 4.78 is 0. The first-order chi connectivity index (χ1) is 6.79. The SMILES string of the molecule is CN1CCN(C(CN)CC2CC2)CC1. The van der Waals surface area contributed by atoms with E-state index in [1.165, 1.54) is 45.4 Å². The van der Waals surface area contributed by atoms with Crippen LogP contribution in [-0.4, -0.2) is 55.6 Å². The molecule has 0 aromatic carbocycles. The van der Waals surface area contributed by atoms with E-state index in [2.05, 4.69) is 16.8 Å². The van der Waals surface area contributed by atoms with Crippen molar-refractivity contribution in [2.24, 2.45) is 11.7 Å². The fourth-order valence-corrected chi connectivity index (χ4v) is 2.32. The molecule has 82 valence electrons. The highest BCUT2D eigenvalue weighted by molar-refractivity contribution is 4.84. The molecule has 2 N–H and O–H groups in total. The first-order valence-corrected chi connectivity index (χ1v) is 5.92. The molecule has 0 aromatic heterocycles. The second-order valence-electron chi connectivity index (χ2n) is 4.91. The fourth-order valence-electron chi connectivity index (χ4n) is 2.32. The molecule has 1 unspecified atom stereocenters. The van der Waals surface area contributed by atoms with E-state index in [1.54, 1.807) is 0 Å². The van der Waals surface area contributed by atoms with Gasteiger partial charge in [-0.2, -0.15) is 0 Å². The summed E-state index contributed by atoms with van der Waals surface area (Å²) in [6.45, 7) is 5.69. The van der Waals surface area contributed by atoms with E-state index in [0.29, 0.717) is 6.04 Å². The van der Waals surface area contributed by atoms with Crippen molar-refractivity contribution in [1.29, 1.82) is 0 Å². The van der Waals surface area contributed by atoms with E-state index >= 15 is 0 Å². The molecule has 1 saturated heterocycles. The Bertz CT molecular complexity index is 171. The van der Waals surface area contributed by atoms with Crippen molar-refractivity contribution in [2.45, 2.75) is 25.3 Å². The van der Waals surface area contributed by atoms with Crippen LogP contribution in [-0.2, 0) is 0 Å². The molecule has 1 aliphatic carbocycles. The minimum Gasteiger partial charge on any atom is -0.329 e. The van der Waals surface area contributed by atoms with Crippen LogP contribution in [0.3, 0.4) is 0 Å². The van der Waals surface area contributed by atoms with Crippen LogP contribution in [0.1, 0.15) is 19.3 Å². The van der Waals surface area contributed by atoms with Gasteiger partial charge in [-0.1, -0.05) is 12.8 Å². The number of nitrogens with two attached hydrogens (primary N) is 1. The highest BCUT2D eigenvalue weighted by Gasteiger charge is 2.29. The molecule has 0 spiro atoms. The molecular formula is C11H23N3. The second-order valence-corrected chi connectivity index (χ2v) is 4.91. The Hall–Kier alpha value is -0.120. The number of hydrogen-bond acceptors (Lipinski definition) is 3. The second kappa shape index (κ2) is 4.60. The number of piperazine rings is 1. The van der Waals surface area contributed by atoms with Crippen LogP contribution in [0.25, 0.3) is 0 Å². The molecule has 2 aliphatic rings. The summed E-state index contributed by atoms with van der Waals surface area (Å²) >= 11 is 0. The largest absolute Gasteiger partial charge is 0.329 e. The summed E-state index contributed by atoms with van der Waals surface area (Å²) in [6, 6.07) is 0.663. The van der Waals surface area contributed by atoms with Crippen LogP contribution in [0.15, 0.2) is 0 Å². The predicted octanol–water partition coefficient (Wildman–Crippen LogP) is 0.361. The van der Waals surface area contributed by atoms with Crippen molar-refractivity contribution in [3.63, 3.8) is 0 Å². The molecule has 0 bridgehead atoms. The van der Waals surface area contributed by atoms with Gasteiger partial charge in [0.1, 0.15) is 0 Å². The summed E-state index contributed by atoms with van der Waals surface area (Å²) in [6.07, 6.45) is 4.24. The Labute approximate surface area is 87.2 Å². The Kier molecular flexibility index (Phi) is 3.42. The zero-order valence-electron chi connectivity index (χ0n) is 9.28. The minimum atomic E-state index is 0.663. The molecule has 0 amide bonds. The van der Waals surface area contributed by atoms with Gasteiger partial charge in [-0.25, -0.2) is 0 Å². The normalized spacial score (nSPS) is 27.9. The number of rotatable bonds is 4. The number of likely N-dealkylation sites (N-methyl/N-ethyl adjacent to an activating group) is 1. The maximum absolute atomic E-state index is 5.86. The lowest BCUT2D eigenvalue weighted by Gasteiger charge is -2.37. The minimum absolute atomic E-state index is 0.663. The summed E-state index contributed by atoms with van der Waals surface area (Å²) in [5.41, 5.74) is 5.86. The smallest absolute Gasteiger partial charge is 0.0222 e. The molecule has 2 rings (SSSR count). The third-order valence-corrected chi connectivity index (χ3v) is 3.63. The van der Waals surface area contributed by atoms with Crippen LogP contribution < -0.4 is 5.73 Å². The highest BCUT2D eigenvalue weighted by Crippen LogP contribution is 2.34. The predicted molar refractivity (Wildman–Crippen MR) is 59.3 cm³/mol. The van der Waals surface area contributed by atoms with Gasteiger partial charge in [0, 0.05) is 38.8 Å². The molecule has 14 heavy (non-hydrogen) atoms. The van der Waals surface area contributed by atoms with Crippen LogP contribution in [0.4, 0.5) is 0 Å². The first kappa shape index (κ1) is 10.4. The molecule has 1 aliphatic heterocycles. The summed E-state index contributed by atoms with van der Waals surface area (Å²) in [7, 11) is 2.20. The molecular weight excluding hydrogens is 174 g/mol. The van der Waals surface area contributed by atoms with Crippen molar-refractivity contribution >= 4 is 0 Å². The van der Waals surface area contributed by atoms with Crippen LogP contribution in [0, 0.1) is 5.92 Å². The molecule has 3 nitrogen and oxygen atoms in total. The van der Waals surface area contributed by atoms with Crippen LogP contribution in [0.2, 0.25) is 0 Å². The Balaban J connectivity index is 1.78. The molecule has 0 radical (unpaired) electrons. The van der Waals surface area contributed by atoms with Gasteiger partial charge >= 0.3 is 0 Å². The lowest BCUT2D eigenvalue weighted by atomic mass is 10.1. The van der Waals surface area contributed by atoms with E-state index < -0.39 is 0 Å². The Morgan fingerprint density at radius 3 is 2.36 bits per heavy atom. The van der Waals surface area contributed by atoms with Crippen molar-refractivity contribution < 1.29 is 0 Å². The van der Waals surface area contributed by atoms with Crippen molar-refractivity contribution in [3.05, 3.63) is 0 Å². The van der Waals surface area contributed by atoms with Crippen LogP contribution in [0.5, 0.6) is 0 Å². The average molecular weight is 197 g/mol. The van der Waals surface area contributed by atoms with Gasteiger partial charge in [0.2, 0.25) is 0 Å². The molecule has 1 heterocycles. The van der Waals surface area contributed by atoms with Crippen molar-refractivity contribution in [2.75, 3.05) is 39.8 Å². The van der Waals surface area contributed by atoms with Gasteiger partial charge < -0.3 is 10.6 Å². The fraction of sp³-hybridized carbons (Fsp3) is 1.00. The lowest BCUT2D eigenvalue weighted by molar-refractivity contribution is 0.107. The molecule has 1 atom stereocenters. The molecule has 1 saturated carbocycles. The third kappa shape index (κ3) is 2.69. The lowest BCUT2D eigenvalue weighted by Crippen LogP contribution is -2.51. The quantitative estimate of drug-likeness (QED) is 0.706. The zero-order valence-corrected chi connectivity index (χ0v) is 9.28. The summed E-state index contributed by atoms with van der Waals surface area (Å²) in [4.78, 5) is 5.00. The van der Waals surface area contributed by atoms with Gasteiger partial charge in [-0.3, -0.25) is 4.90 Å². The highest BCUT2D eigenvalue weighted by atomic mass is 15.3. The maximum Gasteiger partial charge on any atom is 0.0222 e. The third-order valence-electron chi connectivity index (χ3n) is 3.63. The van der Waals surface area contributed by atoms with Crippen LogP contribution >= 0.6 is 0 Å². The standard InChI is InChI=1S/C11H23N3/c1-13-4-6-14(7-5-13)11(9-12)8-10-2-3-10/h10-11H,2-9,12H2,1H3. The maximum atomic E-state index is 5.86. The van der Waals surface area contributed by atoms with Gasteiger partial charge in [-0.15, -0.1) is 0 Å². The molecule has 3 heteroatoms. The topological polar surface area (TPSA) is 32.5 Å². The average Bonchev–Trinajstić information content (AvgIpc) is 3.00. The van der Waals surface area contributed by atoms with E-state index in [4.69, 9.17) is 5.73 Å². The first-order valence-electron chi connectivity index (χ1n) is 5.92. The van der Waals surface area contributed by atoms with Gasteiger partial charge in [0.15, 0.2) is 0 Å². The molecule has 2 fully saturated rings. The van der Waals surface area contributed by atoms with Gasteiger partial charge in [0.25, 0.3) is 0 Å².